The van der Waals surface area contributed by atoms with Crippen molar-refractivity contribution < 1.29 is 14.7 Å². The highest BCUT2D eigenvalue weighted by Gasteiger charge is 2.13. The van der Waals surface area contributed by atoms with Gasteiger partial charge in [0.1, 0.15) is 0 Å². The molecule has 18 heavy (non-hydrogen) atoms. The molecule has 0 saturated carbocycles. The first-order valence-electron chi connectivity index (χ1n) is 5.76. The van der Waals surface area contributed by atoms with Crippen LogP contribution in [-0.2, 0) is 18.4 Å². The summed E-state index contributed by atoms with van der Waals surface area (Å²) in [6.07, 6.45) is 2.15. The number of aromatic nitrogens is 2. The van der Waals surface area contributed by atoms with Gasteiger partial charge >= 0.3 is 12.0 Å². The van der Waals surface area contributed by atoms with E-state index in [0.29, 0.717) is 13.0 Å². The Morgan fingerprint density at radius 3 is 2.78 bits per heavy atom. The number of amides is 2. The van der Waals surface area contributed by atoms with Crippen molar-refractivity contribution in [2.45, 2.75) is 32.4 Å². The molecule has 1 atom stereocenters. The fraction of sp³-hybridized carbons (Fsp3) is 0.545. The lowest BCUT2D eigenvalue weighted by Crippen LogP contribution is -2.42. The van der Waals surface area contributed by atoms with Gasteiger partial charge in [-0.25, -0.2) is 4.79 Å². The lowest BCUT2D eigenvalue weighted by atomic mass is 10.1. The van der Waals surface area contributed by atoms with Crippen LogP contribution in [0.1, 0.15) is 25.5 Å². The maximum atomic E-state index is 11.6. The fourth-order valence-electron chi connectivity index (χ4n) is 1.49. The normalized spacial score (nSPS) is 11.9. The molecule has 0 aliphatic heterocycles. The van der Waals surface area contributed by atoms with Crippen molar-refractivity contribution in [3.8, 4) is 0 Å². The van der Waals surface area contributed by atoms with E-state index < -0.39 is 5.97 Å². The fourth-order valence-corrected chi connectivity index (χ4v) is 1.49. The molecule has 1 aromatic rings. The molecule has 0 aromatic carbocycles. The molecule has 3 N–H and O–H groups in total. The second-order valence-electron chi connectivity index (χ2n) is 3.98. The van der Waals surface area contributed by atoms with Gasteiger partial charge in [0.25, 0.3) is 0 Å². The first-order valence-corrected chi connectivity index (χ1v) is 5.76. The minimum absolute atomic E-state index is 0.0738. The monoisotopic (exact) mass is 254 g/mol. The van der Waals surface area contributed by atoms with E-state index >= 15 is 0 Å². The maximum absolute atomic E-state index is 11.6. The van der Waals surface area contributed by atoms with Gasteiger partial charge < -0.3 is 15.7 Å². The van der Waals surface area contributed by atoms with Crippen LogP contribution in [0.25, 0.3) is 0 Å². The zero-order valence-corrected chi connectivity index (χ0v) is 10.5. The van der Waals surface area contributed by atoms with Gasteiger partial charge in [-0.1, -0.05) is 6.92 Å². The molecule has 100 valence electrons. The quantitative estimate of drug-likeness (QED) is 0.687. The van der Waals surface area contributed by atoms with Crippen LogP contribution >= 0.6 is 0 Å². The van der Waals surface area contributed by atoms with Crippen LogP contribution in [0, 0.1) is 0 Å². The Bertz CT molecular complexity index is 416. The molecular formula is C11H18N4O3. The van der Waals surface area contributed by atoms with E-state index in [2.05, 4.69) is 15.7 Å². The molecule has 0 radical (unpaired) electrons. The molecule has 7 heteroatoms. The Morgan fingerprint density at radius 2 is 2.28 bits per heavy atom. The lowest BCUT2D eigenvalue weighted by Gasteiger charge is -2.15. The van der Waals surface area contributed by atoms with E-state index in [9.17, 15) is 9.59 Å². The van der Waals surface area contributed by atoms with Crippen LogP contribution in [0.3, 0.4) is 0 Å². The molecule has 0 saturated heterocycles. The maximum Gasteiger partial charge on any atom is 0.315 e. The van der Waals surface area contributed by atoms with Crippen LogP contribution in [0.4, 0.5) is 4.79 Å². The summed E-state index contributed by atoms with van der Waals surface area (Å²) in [5.41, 5.74) is 0.872. The lowest BCUT2D eigenvalue weighted by molar-refractivity contribution is -0.137. The predicted molar refractivity (Wildman–Crippen MR) is 64.9 cm³/mol. The van der Waals surface area contributed by atoms with Gasteiger partial charge in [0, 0.05) is 19.3 Å². The first kappa shape index (κ1) is 14.0. The summed E-state index contributed by atoms with van der Waals surface area (Å²) in [6, 6.07) is 1.08. The third-order valence-corrected chi connectivity index (χ3v) is 2.60. The summed E-state index contributed by atoms with van der Waals surface area (Å²) < 4.78 is 1.66. The number of aryl methyl sites for hydroxylation is 1. The van der Waals surface area contributed by atoms with Gasteiger partial charge in [0.15, 0.2) is 0 Å². The molecule has 0 aliphatic carbocycles. The standard InChI is InChI=1S/C11H18N4O3/c1-3-8(6-10(16)17)14-11(18)12-7-9-4-5-13-15(9)2/h4-5,8H,3,6-7H2,1-2H3,(H,16,17)(H2,12,14,18). The van der Waals surface area contributed by atoms with Crippen LogP contribution in [0.5, 0.6) is 0 Å². The van der Waals surface area contributed by atoms with E-state index in [0.717, 1.165) is 5.69 Å². The SMILES string of the molecule is CCC(CC(=O)O)NC(=O)NCc1ccnn1C. The van der Waals surface area contributed by atoms with Gasteiger partial charge in [-0.3, -0.25) is 9.48 Å². The Kier molecular flexibility index (Phi) is 5.16. The molecule has 0 bridgehead atoms. The van der Waals surface area contributed by atoms with Crippen molar-refractivity contribution >= 4 is 12.0 Å². The molecule has 1 aromatic heterocycles. The number of carbonyl (C=O) groups is 2. The highest BCUT2D eigenvalue weighted by atomic mass is 16.4. The number of urea groups is 1. The highest BCUT2D eigenvalue weighted by Crippen LogP contribution is 1.98. The number of rotatable bonds is 6. The topological polar surface area (TPSA) is 96.2 Å². The molecule has 0 aliphatic rings. The van der Waals surface area contributed by atoms with E-state index in [-0.39, 0.29) is 18.5 Å². The largest absolute Gasteiger partial charge is 0.481 e. The van der Waals surface area contributed by atoms with Gasteiger partial charge in [-0.15, -0.1) is 0 Å². The van der Waals surface area contributed by atoms with Crippen LogP contribution in [0.15, 0.2) is 12.3 Å². The predicted octanol–water partition coefficient (Wildman–Crippen LogP) is 0.473. The number of hydrogen-bond donors (Lipinski definition) is 3. The average Bonchev–Trinajstić information content (AvgIpc) is 2.70. The first-order chi connectivity index (χ1) is 8.52. The minimum Gasteiger partial charge on any atom is -0.481 e. The Hall–Kier alpha value is -2.05. The van der Waals surface area contributed by atoms with E-state index in [4.69, 9.17) is 5.11 Å². The van der Waals surface area contributed by atoms with Gasteiger partial charge in [-0.05, 0) is 12.5 Å². The molecule has 1 unspecified atom stereocenters. The van der Waals surface area contributed by atoms with Crippen molar-refractivity contribution in [3.05, 3.63) is 18.0 Å². The highest BCUT2D eigenvalue weighted by molar-refractivity contribution is 5.75. The molecule has 0 fully saturated rings. The van der Waals surface area contributed by atoms with Crippen molar-refractivity contribution in [3.63, 3.8) is 0 Å². The average molecular weight is 254 g/mol. The number of aliphatic carboxylic acids is 1. The number of carboxylic acids is 1. The molecule has 1 rings (SSSR count). The Labute approximate surface area is 105 Å². The number of hydrogen-bond acceptors (Lipinski definition) is 3. The summed E-state index contributed by atoms with van der Waals surface area (Å²) in [7, 11) is 1.79. The number of nitrogens with zero attached hydrogens (tertiary/aromatic N) is 2. The van der Waals surface area contributed by atoms with Gasteiger partial charge in [0.2, 0.25) is 0 Å². The zero-order chi connectivity index (χ0) is 13.5. The molecule has 7 nitrogen and oxygen atoms in total. The number of carboxylic acid groups (broad SMARTS) is 1. The third-order valence-electron chi connectivity index (χ3n) is 2.60. The van der Waals surface area contributed by atoms with E-state index in [1.54, 1.807) is 24.0 Å². The summed E-state index contributed by atoms with van der Waals surface area (Å²) in [4.78, 5) is 22.1. The summed E-state index contributed by atoms with van der Waals surface area (Å²) >= 11 is 0. The number of carbonyl (C=O) groups excluding carboxylic acids is 1. The van der Waals surface area contributed by atoms with Crippen molar-refractivity contribution in [2.75, 3.05) is 0 Å². The van der Waals surface area contributed by atoms with Crippen LogP contribution in [-0.4, -0.2) is 32.9 Å². The van der Waals surface area contributed by atoms with Crippen molar-refractivity contribution in [2.24, 2.45) is 7.05 Å². The second kappa shape index (κ2) is 6.63. The molecule has 0 spiro atoms. The van der Waals surface area contributed by atoms with Crippen LogP contribution in [0.2, 0.25) is 0 Å². The molecular weight excluding hydrogens is 236 g/mol. The van der Waals surface area contributed by atoms with Crippen molar-refractivity contribution in [1.82, 2.24) is 20.4 Å². The molecule has 1 heterocycles. The van der Waals surface area contributed by atoms with Gasteiger partial charge in [-0.2, -0.15) is 5.10 Å². The Morgan fingerprint density at radius 1 is 1.56 bits per heavy atom. The van der Waals surface area contributed by atoms with Crippen LogP contribution < -0.4 is 10.6 Å². The van der Waals surface area contributed by atoms with E-state index in [1.165, 1.54) is 0 Å². The summed E-state index contributed by atoms with van der Waals surface area (Å²) in [5.74, 6) is -0.922. The summed E-state index contributed by atoms with van der Waals surface area (Å²) in [6.45, 7) is 2.18. The van der Waals surface area contributed by atoms with Gasteiger partial charge in [0.05, 0.1) is 18.7 Å². The summed E-state index contributed by atoms with van der Waals surface area (Å²) in [5, 5.41) is 17.9. The zero-order valence-electron chi connectivity index (χ0n) is 10.5. The number of nitrogens with one attached hydrogen (secondary N) is 2. The minimum atomic E-state index is -0.922. The Balaban J connectivity index is 2.37. The smallest absolute Gasteiger partial charge is 0.315 e. The van der Waals surface area contributed by atoms with E-state index in [1.807, 2.05) is 6.92 Å². The third kappa shape index (κ3) is 4.44. The van der Waals surface area contributed by atoms with Crippen molar-refractivity contribution in [1.29, 1.82) is 0 Å². The second-order valence-corrected chi connectivity index (χ2v) is 3.98. The molecule has 2 amide bonds.